The summed E-state index contributed by atoms with van der Waals surface area (Å²) in [7, 11) is -4.87. The van der Waals surface area contributed by atoms with Crippen molar-refractivity contribution in [3.05, 3.63) is 72.8 Å². The summed E-state index contributed by atoms with van der Waals surface area (Å²) in [5.41, 5.74) is -3.33. The number of rotatable bonds is 7. The summed E-state index contributed by atoms with van der Waals surface area (Å²) in [6.07, 6.45) is -4.19. The van der Waals surface area contributed by atoms with Crippen molar-refractivity contribution >= 4 is 33.4 Å². The summed E-state index contributed by atoms with van der Waals surface area (Å²) in [4.78, 5) is 27.9. The molecule has 2 N–H and O–H groups in total. The first kappa shape index (κ1) is 24.1. The van der Waals surface area contributed by atoms with Crippen LogP contribution in [0.5, 0.6) is 0 Å². The lowest BCUT2D eigenvalue weighted by atomic mass is 10.1. The number of nitrogens with zero attached hydrogens (tertiary/aromatic N) is 2. The van der Waals surface area contributed by atoms with Gasteiger partial charge < -0.3 is 5.32 Å². The molecule has 0 saturated heterocycles. The van der Waals surface area contributed by atoms with Gasteiger partial charge in [-0.3, -0.25) is 14.5 Å². The van der Waals surface area contributed by atoms with Gasteiger partial charge in [0, 0.05) is 24.7 Å². The van der Waals surface area contributed by atoms with Gasteiger partial charge in [-0.05, 0) is 24.3 Å². The average molecular weight is 480 g/mol. The third-order valence-corrected chi connectivity index (χ3v) is 6.06. The molecule has 8 nitrogen and oxygen atoms in total. The number of halogens is 3. The van der Waals surface area contributed by atoms with Crippen molar-refractivity contribution in [1.29, 1.82) is 0 Å². The molecule has 2 aromatic rings. The molecule has 2 aromatic carbocycles. The van der Waals surface area contributed by atoms with Crippen molar-refractivity contribution in [1.82, 2.24) is 9.62 Å². The van der Waals surface area contributed by atoms with E-state index < -0.39 is 38.6 Å². The van der Waals surface area contributed by atoms with Crippen LogP contribution in [0.2, 0.25) is 0 Å². The second-order valence-electron chi connectivity index (χ2n) is 7.03. The lowest BCUT2D eigenvalue weighted by Crippen LogP contribution is -2.63. The van der Waals surface area contributed by atoms with Gasteiger partial charge in [-0.1, -0.05) is 36.4 Å². The maximum absolute atomic E-state index is 14.3. The van der Waals surface area contributed by atoms with Gasteiger partial charge in [0.1, 0.15) is 5.84 Å². The molecule has 0 fully saturated rings. The van der Waals surface area contributed by atoms with Gasteiger partial charge in [-0.25, -0.2) is 13.4 Å². The van der Waals surface area contributed by atoms with Crippen molar-refractivity contribution in [3.8, 4) is 0 Å². The number of aliphatic imine (C=N–C) groups is 1. The van der Waals surface area contributed by atoms with Crippen LogP contribution in [0.15, 0.2) is 77.1 Å². The number of hydrogen-bond acceptors (Lipinski definition) is 5. The van der Waals surface area contributed by atoms with Crippen LogP contribution < -0.4 is 10.0 Å². The highest BCUT2D eigenvalue weighted by molar-refractivity contribution is 7.89. The van der Waals surface area contributed by atoms with Crippen LogP contribution in [0.25, 0.3) is 0 Å². The lowest BCUT2D eigenvalue weighted by Gasteiger charge is -2.28. The van der Waals surface area contributed by atoms with Crippen LogP contribution in [-0.4, -0.2) is 49.4 Å². The van der Waals surface area contributed by atoms with E-state index in [0.29, 0.717) is 0 Å². The molecule has 0 spiro atoms. The van der Waals surface area contributed by atoms with E-state index in [1.807, 2.05) is 0 Å². The van der Waals surface area contributed by atoms with Gasteiger partial charge in [-0.2, -0.15) is 17.9 Å². The van der Waals surface area contributed by atoms with Gasteiger partial charge in [-0.15, -0.1) is 6.58 Å². The van der Waals surface area contributed by atoms with Crippen molar-refractivity contribution in [2.45, 2.75) is 23.7 Å². The Morgan fingerprint density at radius 2 is 1.76 bits per heavy atom. The Bertz CT molecular complexity index is 1210. The van der Waals surface area contributed by atoms with Crippen LogP contribution in [0.4, 0.5) is 18.9 Å². The summed E-state index contributed by atoms with van der Waals surface area (Å²) in [5.74, 6) is -2.37. The Morgan fingerprint density at radius 1 is 1.15 bits per heavy atom. The molecular formula is C21H19F3N4O4S. The number of amidine groups is 1. The molecule has 1 atom stereocenters. The summed E-state index contributed by atoms with van der Waals surface area (Å²) in [5, 5.41) is 2.41. The molecule has 1 heterocycles. The van der Waals surface area contributed by atoms with Crippen LogP contribution >= 0.6 is 0 Å². The van der Waals surface area contributed by atoms with E-state index in [1.54, 1.807) is 18.2 Å². The number of sulfonamides is 1. The van der Waals surface area contributed by atoms with Crippen LogP contribution in [0.3, 0.4) is 0 Å². The van der Waals surface area contributed by atoms with E-state index in [4.69, 9.17) is 0 Å². The molecule has 1 aliphatic heterocycles. The molecule has 1 aliphatic rings. The minimum atomic E-state index is -5.40. The highest BCUT2D eigenvalue weighted by Gasteiger charge is 2.67. The van der Waals surface area contributed by atoms with Crippen molar-refractivity contribution < 1.29 is 31.2 Å². The second kappa shape index (κ2) is 8.79. The summed E-state index contributed by atoms with van der Waals surface area (Å²) >= 11 is 0. The number of alkyl halides is 3. The zero-order chi connectivity index (χ0) is 24.4. The van der Waals surface area contributed by atoms with E-state index >= 15 is 0 Å². The summed E-state index contributed by atoms with van der Waals surface area (Å²) in [6, 6.07) is 12.0. The van der Waals surface area contributed by atoms with E-state index in [0.717, 1.165) is 17.0 Å². The zero-order valence-electron chi connectivity index (χ0n) is 17.3. The molecule has 3 rings (SSSR count). The van der Waals surface area contributed by atoms with E-state index in [9.17, 15) is 31.2 Å². The van der Waals surface area contributed by atoms with Gasteiger partial charge >= 0.3 is 11.8 Å². The molecule has 0 aliphatic carbocycles. The smallest absolute Gasteiger partial charge is 0.326 e. The molecule has 33 heavy (non-hydrogen) atoms. The first-order valence-corrected chi connectivity index (χ1v) is 11.0. The van der Waals surface area contributed by atoms with Crippen molar-refractivity contribution in [3.63, 3.8) is 0 Å². The number of anilines is 1. The van der Waals surface area contributed by atoms with Gasteiger partial charge in [0.2, 0.25) is 15.9 Å². The average Bonchev–Trinajstić information content (AvgIpc) is 3.01. The predicted octanol–water partition coefficient (Wildman–Crippen LogP) is 2.66. The van der Waals surface area contributed by atoms with Gasteiger partial charge in [0.15, 0.2) is 0 Å². The molecular weight excluding hydrogens is 461 g/mol. The first-order valence-electron chi connectivity index (χ1n) is 9.48. The fourth-order valence-electron chi connectivity index (χ4n) is 3.15. The Kier molecular flexibility index (Phi) is 6.43. The minimum absolute atomic E-state index is 0.192. The Morgan fingerprint density at radius 3 is 2.27 bits per heavy atom. The molecule has 0 radical (unpaired) electrons. The topological polar surface area (TPSA) is 108 Å². The SMILES string of the molecule is C=CCN1C(=O)[C@@](NS(=O)(=O)c2ccc(NC(C)=O)cc2)(C(F)(F)F)N=C1c1ccccc1. The zero-order valence-corrected chi connectivity index (χ0v) is 18.1. The number of amides is 2. The minimum Gasteiger partial charge on any atom is -0.326 e. The standard InChI is InChI=1S/C21H19F3N4O4S/c1-3-13-28-18(15-7-5-4-6-8-15)26-20(19(28)30,21(22,23)24)27-33(31,32)17-11-9-16(10-12-17)25-14(2)29/h3-12,27H,1,13H2,2H3,(H,25,29)/t20-/m1/s1. The Balaban J connectivity index is 2.09. The van der Waals surface area contributed by atoms with Crippen molar-refractivity contribution in [2.24, 2.45) is 4.99 Å². The maximum Gasteiger partial charge on any atom is 0.437 e. The lowest BCUT2D eigenvalue weighted by molar-refractivity contribution is -0.194. The monoisotopic (exact) mass is 480 g/mol. The third kappa shape index (κ3) is 4.66. The number of carbonyl (C=O) groups excluding carboxylic acids is 2. The second-order valence-corrected chi connectivity index (χ2v) is 8.71. The Labute approximate surface area is 187 Å². The normalized spacial score (nSPS) is 18.7. The molecule has 12 heteroatoms. The number of benzene rings is 2. The van der Waals surface area contributed by atoms with Crippen molar-refractivity contribution in [2.75, 3.05) is 11.9 Å². The van der Waals surface area contributed by atoms with E-state index in [1.165, 1.54) is 42.0 Å². The number of hydrogen-bond donors (Lipinski definition) is 2. The first-order chi connectivity index (χ1) is 15.4. The number of nitrogens with one attached hydrogen (secondary N) is 2. The quantitative estimate of drug-likeness (QED) is 0.594. The van der Waals surface area contributed by atoms with Crippen LogP contribution in [0, 0.1) is 0 Å². The highest BCUT2D eigenvalue weighted by Crippen LogP contribution is 2.39. The largest absolute Gasteiger partial charge is 0.437 e. The highest BCUT2D eigenvalue weighted by atomic mass is 32.2. The van der Waals surface area contributed by atoms with E-state index in [2.05, 4.69) is 16.9 Å². The third-order valence-electron chi connectivity index (χ3n) is 4.60. The van der Waals surface area contributed by atoms with Crippen LogP contribution in [0.1, 0.15) is 12.5 Å². The summed E-state index contributed by atoms with van der Waals surface area (Å²) < 4.78 is 70.0. The fourth-order valence-corrected chi connectivity index (χ4v) is 4.40. The molecule has 0 saturated carbocycles. The van der Waals surface area contributed by atoms with Crippen LogP contribution in [-0.2, 0) is 19.6 Å². The maximum atomic E-state index is 14.3. The fraction of sp³-hybridized carbons (Fsp3) is 0.190. The van der Waals surface area contributed by atoms with E-state index in [-0.39, 0.29) is 23.6 Å². The molecule has 174 valence electrons. The molecule has 0 aromatic heterocycles. The summed E-state index contributed by atoms with van der Waals surface area (Å²) in [6.45, 7) is 4.37. The molecule has 0 bridgehead atoms. The number of carbonyl (C=O) groups is 2. The predicted molar refractivity (Wildman–Crippen MR) is 115 cm³/mol. The van der Waals surface area contributed by atoms with Gasteiger partial charge in [0.05, 0.1) is 4.90 Å². The molecule has 0 unspecified atom stereocenters. The van der Waals surface area contributed by atoms with Gasteiger partial charge in [0.25, 0.3) is 5.91 Å². The Hall–Kier alpha value is -3.51. The molecule has 2 amide bonds.